The Morgan fingerprint density at radius 1 is 1.10 bits per heavy atom. The van der Waals surface area contributed by atoms with Gasteiger partial charge in [0.15, 0.2) is 5.96 Å². The number of benzene rings is 2. The molecule has 0 aliphatic rings. The van der Waals surface area contributed by atoms with Crippen LogP contribution in [0.1, 0.15) is 31.7 Å². The highest BCUT2D eigenvalue weighted by atomic mass is 16.5. The third kappa shape index (κ3) is 5.73. The van der Waals surface area contributed by atoms with E-state index < -0.39 is 0 Å². The fourth-order valence-electron chi connectivity index (χ4n) is 3.29. The lowest BCUT2D eigenvalue weighted by molar-refractivity contribution is 0.242. The van der Waals surface area contributed by atoms with Crippen molar-refractivity contribution in [1.29, 1.82) is 0 Å². The van der Waals surface area contributed by atoms with Gasteiger partial charge in [0.2, 0.25) is 0 Å². The summed E-state index contributed by atoms with van der Waals surface area (Å²) in [6, 6.07) is 16.4. The highest BCUT2D eigenvalue weighted by Crippen LogP contribution is 2.16. The van der Waals surface area contributed by atoms with Crippen LogP contribution in [0.15, 0.2) is 53.5 Å². The molecule has 0 aliphatic heterocycles. The van der Waals surface area contributed by atoms with Crippen LogP contribution in [-0.4, -0.2) is 35.2 Å². The molecule has 6 heteroatoms. The minimum Gasteiger partial charge on any atom is -0.491 e. The molecule has 0 amide bonds. The van der Waals surface area contributed by atoms with Gasteiger partial charge in [-0.1, -0.05) is 24.3 Å². The number of ether oxygens (including phenoxy) is 1. The van der Waals surface area contributed by atoms with Gasteiger partial charge in [-0.2, -0.15) is 0 Å². The van der Waals surface area contributed by atoms with Crippen LogP contribution in [0.3, 0.4) is 0 Å². The van der Waals surface area contributed by atoms with Gasteiger partial charge in [0.05, 0.1) is 17.1 Å². The molecule has 29 heavy (non-hydrogen) atoms. The molecule has 2 N–H and O–H groups in total. The van der Waals surface area contributed by atoms with Gasteiger partial charge in [-0.15, -0.1) is 0 Å². The molecule has 0 saturated carbocycles. The Morgan fingerprint density at radius 3 is 2.59 bits per heavy atom. The molecule has 3 rings (SSSR count). The SMILES string of the molecule is CN=C(NCCCn1c(C)nc2ccccc21)NCc1ccc(OC(C)C)cc1. The van der Waals surface area contributed by atoms with Crippen molar-refractivity contribution in [1.82, 2.24) is 20.2 Å². The maximum atomic E-state index is 5.68. The summed E-state index contributed by atoms with van der Waals surface area (Å²) in [7, 11) is 1.79. The second-order valence-corrected chi connectivity index (χ2v) is 7.32. The van der Waals surface area contributed by atoms with Crippen LogP contribution in [0.5, 0.6) is 5.75 Å². The molecule has 0 unspecified atom stereocenters. The maximum Gasteiger partial charge on any atom is 0.191 e. The number of guanidine groups is 1. The lowest BCUT2D eigenvalue weighted by atomic mass is 10.2. The van der Waals surface area contributed by atoms with E-state index in [0.717, 1.165) is 42.6 Å². The number of hydrogen-bond donors (Lipinski definition) is 2. The summed E-state index contributed by atoms with van der Waals surface area (Å²) in [6.45, 7) is 8.60. The maximum absolute atomic E-state index is 5.68. The predicted octanol–water partition coefficient (Wildman–Crippen LogP) is 3.89. The van der Waals surface area contributed by atoms with Gasteiger partial charge in [-0.25, -0.2) is 4.98 Å². The molecular formula is C23H31N5O. The van der Waals surface area contributed by atoms with E-state index in [4.69, 9.17) is 4.74 Å². The monoisotopic (exact) mass is 393 g/mol. The first kappa shape index (κ1) is 20.7. The van der Waals surface area contributed by atoms with Crippen molar-refractivity contribution >= 4 is 17.0 Å². The lowest BCUT2D eigenvalue weighted by Gasteiger charge is -2.13. The third-order valence-corrected chi connectivity index (χ3v) is 4.68. The van der Waals surface area contributed by atoms with Crippen molar-refractivity contribution in [3.8, 4) is 5.75 Å². The zero-order valence-electron chi connectivity index (χ0n) is 17.8. The third-order valence-electron chi connectivity index (χ3n) is 4.68. The molecule has 1 heterocycles. The van der Waals surface area contributed by atoms with E-state index in [9.17, 15) is 0 Å². The predicted molar refractivity (Wildman–Crippen MR) is 119 cm³/mol. The quantitative estimate of drug-likeness (QED) is 0.346. The van der Waals surface area contributed by atoms with E-state index in [1.807, 2.05) is 32.0 Å². The van der Waals surface area contributed by atoms with E-state index >= 15 is 0 Å². The number of rotatable bonds is 8. The smallest absolute Gasteiger partial charge is 0.191 e. The van der Waals surface area contributed by atoms with Gasteiger partial charge in [0.1, 0.15) is 11.6 Å². The summed E-state index contributed by atoms with van der Waals surface area (Å²) >= 11 is 0. The second-order valence-electron chi connectivity index (χ2n) is 7.32. The van der Waals surface area contributed by atoms with Crippen molar-refractivity contribution in [3.05, 3.63) is 59.9 Å². The Labute approximate surface area is 173 Å². The average Bonchev–Trinajstić information content (AvgIpc) is 3.03. The molecule has 2 aromatic carbocycles. The Kier molecular flexibility index (Phi) is 7.11. The summed E-state index contributed by atoms with van der Waals surface area (Å²) in [4.78, 5) is 8.94. The normalized spacial score (nSPS) is 11.8. The highest BCUT2D eigenvalue weighted by molar-refractivity contribution is 5.79. The number of fused-ring (bicyclic) bond motifs is 1. The molecule has 0 saturated heterocycles. The summed E-state index contributed by atoms with van der Waals surface area (Å²) in [6.07, 6.45) is 1.18. The van der Waals surface area contributed by atoms with Crippen LogP contribution < -0.4 is 15.4 Å². The minimum atomic E-state index is 0.186. The molecule has 0 radical (unpaired) electrons. The molecule has 3 aromatic rings. The summed E-state index contributed by atoms with van der Waals surface area (Å²) in [5.41, 5.74) is 3.43. The molecule has 154 valence electrons. The average molecular weight is 394 g/mol. The minimum absolute atomic E-state index is 0.186. The molecule has 1 aromatic heterocycles. The van der Waals surface area contributed by atoms with Crippen LogP contribution in [-0.2, 0) is 13.1 Å². The Morgan fingerprint density at radius 2 is 1.86 bits per heavy atom. The molecule has 0 fully saturated rings. The van der Waals surface area contributed by atoms with Gasteiger partial charge < -0.3 is 19.9 Å². The first-order chi connectivity index (χ1) is 14.1. The standard InChI is InChI=1S/C23H31N5O/c1-17(2)29-20-12-10-19(11-13-20)16-26-23(24-4)25-14-7-15-28-18(3)27-21-8-5-6-9-22(21)28/h5-6,8-13,17H,7,14-16H2,1-4H3,(H2,24,25,26). The Balaban J connectivity index is 1.44. The van der Waals surface area contributed by atoms with Crippen LogP contribution in [0.25, 0.3) is 11.0 Å². The number of aliphatic imine (C=N–C) groups is 1. The van der Waals surface area contributed by atoms with E-state index in [1.54, 1.807) is 7.05 Å². The first-order valence-electron chi connectivity index (χ1n) is 10.2. The molecule has 6 nitrogen and oxygen atoms in total. The Bertz CT molecular complexity index is 944. The van der Waals surface area contributed by atoms with Gasteiger partial charge in [0, 0.05) is 26.7 Å². The first-order valence-corrected chi connectivity index (χ1v) is 10.2. The lowest BCUT2D eigenvalue weighted by Crippen LogP contribution is -2.37. The van der Waals surface area contributed by atoms with Crippen molar-refractivity contribution < 1.29 is 4.74 Å². The van der Waals surface area contributed by atoms with E-state index in [0.29, 0.717) is 6.54 Å². The summed E-state index contributed by atoms with van der Waals surface area (Å²) in [5, 5.41) is 6.75. The fraction of sp³-hybridized carbons (Fsp3) is 0.391. The van der Waals surface area contributed by atoms with Gasteiger partial charge in [0.25, 0.3) is 0 Å². The molecule has 0 atom stereocenters. The van der Waals surface area contributed by atoms with Gasteiger partial charge in [-0.05, 0) is 57.0 Å². The van der Waals surface area contributed by atoms with Crippen molar-refractivity contribution in [3.63, 3.8) is 0 Å². The number of nitrogens with zero attached hydrogens (tertiary/aromatic N) is 3. The number of imidazole rings is 1. The largest absolute Gasteiger partial charge is 0.491 e. The van der Waals surface area contributed by atoms with Gasteiger partial charge >= 0.3 is 0 Å². The zero-order valence-corrected chi connectivity index (χ0v) is 17.8. The summed E-state index contributed by atoms with van der Waals surface area (Å²) < 4.78 is 7.96. The zero-order chi connectivity index (χ0) is 20.6. The molecule has 0 bridgehead atoms. The van der Waals surface area contributed by atoms with E-state index in [-0.39, 0.29) is 6.10 Å². The van der Waals surface area contributed by atoms with Crippen molar-refractivity contribution in [2.75, 3.05) is 13.6 Å². The molecular weight excluding hydrogens is 362 g/mol. The number of para-hydroxylation sites is 2. The fourth-order valence-corrected chi connectivity index (χ4v) is 3.29. The Hall–Kier alpha value is -3.02. The number of aromatic nitrogens is 2. The van der Waals surface area contributed by atoms with Crippen LogP contribution in [0.4, 0.5) is 0 Å². The second kappa shape index (κ2) is 9.96. The topological polar surface area (TPSA) is 63.5 Å². The number of aryl methyl sites for hydroxylation is 2. The number of nitrogens with one attached hydrogen (secondary N) is 2. The van der Waals surface area contributed by atoms with Crippen LogP contribution >= 0.6 is 0 Å². The van der Waals surface area contributed by atoms with Crippen molar-refractivity contribution in [2.45, 2.75) is 46.4 Å². The van der Waals surface area contributed by atoms with E-state index in [1.165, 1.54) is 11.1 Å². The van der Waals surface area contributed by atoms with Crippen LogP contribution in [0.2, 0.25) is 0 Å². The van der Waals surface area contributed by atoms with Crippen molar-refractivity contribution in [2.24, 2.45) is 4.99 Å². The van der Waals surface area contributed by atoms with Crippen LogP contribution in [0, 0.1) is 6.92 Å². The summed E-state index contributed by atoms with van der Waals surface area (Å²) in [5.74, 6) is 2.76. The molecule has 0 aliphatic carbocycles. The molecule has 0 spiro atoms. The van der Waals surface area contributed by atoms with E-state index in [2.05, 4.69) is 62.4 Å². The van der Waals surface area contributed by atoms with Gasteiger partial charge in [-0.3, -0.25) is 4.99 Å². The highest BCUT2D eigenvalue weighted by Gasteiger charge is 2.06. The number of hydrogen-bond acceptors (Lipinski definition) is 3.